The van der Waals surface area contributed by atoms with Gasteiger partial charge in [-0.1, -0.05) is 0 Å². The summed E-state index contributed by atoms with van der Waals surface area (Å²) in [5, 5.41) is 0. The van der Waals surface area contributed by atoms with Crippen molar-refractivity contribution in [2.24, 2.45) is 0 Å². The first-order valence-electron chi connectivity index (χ1n) is 4.57. The highest BCUT2D eigenvalue weighted by Gasteiger charge is 2.23. The molecule has 0 bridgehead atoms. The lowest BCUT2D eigenvalue weighted by Crippen LogP contribution is -2.29. The van der Waals surface area contributed by atoms with Crippen LogP contribution in [0.3, 0.4) is 0 Å². The third kappa shape index (κ3) is 2.22. The van der Waals surface area contributed by atoms with Gasteiger partial charge < -0.3 is 0 Å². The van der Waals surface area contributed by atoms with Crippen LogP contribution in [0.15, 0.2) is 11.7 Å². The molecule has 0 saturated carbocycles. The third-order valence-corrected chi connectivity index (χ3v) is 3.64. The zero-order chi connectivity index (χ0) is 9.10. The zero-order valence-corrected chi connectivity index (χ0v) is 9.02. The third-order valence-electron chi connectivity index (χ3n) is 2.52. The number of aromatic nitrogens is 1. The number of hydrogen-bond acceptors (Lipinski definition) is 3. The summed E-state index contributed by atoms with van der Waals surface area (Å²) in [6, 6.07) is 0.587. The van der Waals surface area contributed by atoms with E-state index < -0.39 is 0 Å². The Bertz CT molecular complexity index is 250. The first-order valence-corrected chi connectivity index (χ1v) is 5.99. The van der Waals surface area contributed by atoms with Gasteiger partial charge in [0.15, 0.2) is 0 Å². The molecule has 0 aliphatic carbocycles. The highest BCUT2D eigenvalue weighted by molar-refractivity contribution is 7.09. The van der Waals surface area contributed by atoms with Gasteiger partial charge in [-0.2, -0.15) is 0 Å². The molecule has 2 nitrogen and oxygen atoms in total. The van der Waals surface area contributed by atoms with Crippen molar-refractivity contribution < 1.29 is 0 Å². The molecule has 1 fully saturated rings. The molecule has 2 heterocycles. The largest absolute Gasteiger partial charge is 0.294 e. The van der Waals surface area contributed by atoms with Crippen molar-refractivity contribution in [3.05, 3.63) is 16.6 Å². The van der Waals surface area contributed by atoms with Crippen LogP contribution in [0.2, 0.25) is 0 Å². The SMILES string of the molecule is ClCC1CCCN1Cc1cncs1. The lowest BCUT2D eigenvalue weighted by molar-refractivity contribution is 0.265. The fourth-order valence-electron chi connectivity index (χ4n) is 1.80. The molecule has 2 rings (SSSR count). The van der Waals surface area contributed by atoms with Crippen molar-refractivity contribution in [2.45, 2.75) is 25.4 Å². The minimum Gasteiger partial charge on any atom is -0.294 e. The van der Waals surface area contributed by atoms with Crippen molar-refractivity contribution in [3.8, 4) is 0 Å². The van der Waals surface area contributed by atoms with Crippen molar-refractivity contribution in [2.75, 3.05) is 12.4 Å². The molecule has 0 amide bonds. The molecule has 0 N–H and O–H groups in total. The number of nitrogens with zero attached hydrogens (tertiary/aromatic N) is 2. The lowest BCUT2D eigenvalue weighted by Gasteiger charge is -2.21. The van der Waals surface area contributed by atoms with Gasteiger partial charge in [-0.05, 0) is 19.4 Å². The molecule has 1 aromatic rings. The topological polar surface area (TPSA) is 16.1 Å². The Morgan fingerprint density at radius 1 is 1.69 bits per heavy atom. The molecule has 13 heavy (non-hydrogen) atoms. The Labute approximate surface area is 87.5 Å². The average molecular weight is 217 g/mol. The zero-order valence-electron chi connectivity index (χ0n) is 7.45. The minimum absolute atomic E-state index is 0.587. The van der Waals surface area contributed by atoms with Crippen molar-refractivity contribution in [3.63, 3.8) is 0 Å². The van der Waals surface area contributed by atoms with E-state index in [1.807, 2.05) is 11.7 Å². The van der Waals surface area contributed by atoms with Crippen molar-refractivity contribution >= 4 is 22.9 Å². The van der Waals surface area contributed by atoms with Crippen molar-refractivity contribution in [1.82, 2.24) is 9.88 Å². The quantitative estimate of drug-likeness (QED) is 0.722. The van der Waals surface area contributed by atoms with E-state index in [4.69, 9.17) is 11.6 Å². The van der Waals surface area contributed by atoms with E-state index in [1.165, 1.54) is 24.3 Å². The van der Waals surface area contributed by atoms with E-state index in [9.17, 15) is 0 Å². The fraction of sp³-hybridized carbons (Fsp3) is 0.667. The second-order valence-electron chi connectivity index (χ2n) is 3.39. The number of hydrogen-bond donors (Lipinski definition) is 0. The normalized spacial score (nSPS) is 23.9. The molecule has 72 valence electrons. The predicted octanol–water partition coefficient (Wildman–Crippen LogP) is 2.35. The highest BCUT2D eigenvalue weighted by Crippen LogP contribution is 2.21. The Hall–Kier alpha value is -0.120. The standard InChI is InChI=1S/C9H13ClN2S/c10-4-8-2-1-3-12(8)6-9-5-11-7-13-9/h5,7-8H,1-4,6H2. The van der Waals surface area contributed by atoms with E-state index in [0.717, 1.165) is 12.4 Å². The molecule has 1 saturated heterocycles. The summed E-state index contributed by atoms with van der Waals surface area (Å²) in [4.78, 5) is 7.88. The maximum atomic E-state index is 5.89. The van der Waals surface area contributed by atoms with Gasteiger partial charge in [0.1, 0.15) is 0 Å². The van der Waals surface area contributed by atoms with E-state index in [-0.39, 0.29) is 0 Å². The smallest absolute Gasteiger partial charge is 0.0794 e. The first-order chi connectivity index (χ1) is 6.40. The Kier molecular flexibility index (Phi) is 3.19. The van der Waals surface area contributed by atoms with Crippen LogP contribution in [0.25, 0.3) is 0 Å². The lowest BCUT2D eigenvalue weighted by atomic mass is 10.2. The van der Waals surface area contributed by atoms with Gasteiger partial charge in [0.2, 0.25) is 0 Å². The van der Waals surface area contributed by atoms with Gasteiger partial charge in [0.05, 0.1) is 5.51 Å². The van der Waals surface area contributed by atoms with Gasteiger partial charge in [0.25, 0.3) is 0 Å². The maximum Gasteiger partial charge on any atom is 0.0794 e. The monoisotopic (exact) mass is 216 g/mol. The summed E-state index contributed by atoms with van der Waals surface area (Å²) in [7, 11) is 0. The van der Waals surface area contributed by atoms with E-state index in [1.54, 1.807) is 11.3 Å². The van der Waals surface area contributed by atoms with Crippen LogP contribution in [0.5, 0.6) is 0 Å². The predicted molar refractivity (Wildman–Crippen MR) is 56.3 cm³/mol. The average Bonchev–Trinajstić information content (AvgIpc) is 2.76. The van der Waals surface area contributed by atoms with E-state index >= 15 is 0 Å². The summed E-state index contributed by atoms with van der Waals surface area (Å²) in [6.07, 6.45) is 4.49. The number of halogens is 1. The van der Waals surface area contributed by atoms with Crippen LogP contribution < -0.4 is 0 Å². The van der Waals surface area contributed by atoms with Crippen LogP contribution in [-0.2, 0) is 6.54 Å². The molecule has 0 spiro atoms. The van der Waals surface area contributed by atoms with Gasteiger partial charge >= 0.3 is 0 Å². The van der Waals surface area contributed by atoms with E-state index in [0.29, 0.717) is 6.04 Å². The van der Waals surface area contributed by atoms with Crippen LogP contribution in [0.4, 0.5) is 0 Å². The molecular formula is C9H13ClN2S. The van der Waals surface area contributed by atoms with Crippen LogP contribution in [0.1, 0.15) is 17.7 Å². The second-order valence-corrected chi connectivity index (χ2v) is 4.67. The Balaban J connectivity index is 1.94. The van der Waals surface area contributed by atoms with Gasteiger partial charge in [-0.15, -0.1) is 22.9 Å². The van der Waals surface area contributed by atoms with Crippen LogP contribution >= 0.6 is 22.9 Å². The van der Waals surface area contributed by atoms with Gasteiger partial charge in [-0.25, -0.2) is 0 Å². The molecule has 1 aliphatic heterocycles. The van der Waals surface area contributed by atoms with Gasteiger partial charge in [-0.3, -0.25) is 9.88 Å². The highest BCUT2D eigenvalue weighted by atomic mass is 35.5. The summed E-state index contributed by atoms with van der Waals surface area (Å²) >= 11 is 7.62. The summed E-state index contributed by atoms with van der Waals surface area (Å²) < 4.78 is 0. The Morgan fingerprint density at radius 3 is 3.31 bits per heavy atom. The molecule has 4 heteroatoms. The van der Waals surface area contributed by atoms with Crippen LogP contribution in [0, 0.1) is 0 Å². The first kappa shape index (κ1) is 9.44. The summed E-state index contributed by atoms with van der Waals surface area (Å²) in [5.41, 5.74) is 1.89. The summed E-state index contributed by atoms with van der Waals surface area (Å²) in [5.74, 6) is 0.763. The molecule has 1 aromatic heterocycles. The maximum absolute atomic E-state index is 5.89. The van der Waals surface area contributed by atoms with Crippen molar-refractivity contribution in [1.29, 1.82) is 0 Å². The van der Waals surface area contributed by atoms with Crippen LogP contribution in [-0.4, -0.2) is 28.4 Å². The number of thiazole rings is 1. The number of likely N-dealkylation sites (tertiary alicyclic amines) is 1. The molecule has 0 radical (unpaired) electrons. The molecule has 1 atom stereocenters. The fourth-order valence-corrected chi connectivity index (χ4v) is 2.77. The summed E-state index contributed by atoms with van der Waals surface area (Å²) in [6.45, 7) is 2.22. The molecule has 1 aliphatic rings. The second kappa shape index (κ2) is 4.40. The number of rotatable bonds is 3. The van der Waals surface area contributed by atoms with Gasteiger partial charge in [0, 0.05) is 29.5 Å². The Morgan fingerprint density at radius 2 is 2.62 bits per heavy atom. The minimum atomic E-state index is 0.587. The molecule has 1 unspecified atom stereocenters. The number of alkyl halides is 1. The van der Waals surface area contributed by atoms with E-state index in [2.05, 4.69) is 9.88 Å². The molecule has 0 aromatic carbocycles. The molecular weight excluding hydrogens is 204 g/mol.